The minimum Gasteiger partial charge on any atom is -0.414 e. The minimum absolute atomic E-state index is 0.0189. The average molecular weight is 575 g/mol. The molecule has 2 rings (SSSR count). The largest absolute Gasteiger partial charge is 0.414 e. The van der Waals surface area contributed by atoms with Crippen molar-refractivity contribution in [3.8, 4) is 0 Å². The Hall–Kier alpha value is -0.723. The van der Waals surface area contributed by atoms with E-state index < -0.39 is 8.32 Å². The molecule has 0 aliphatic carbocycles. The van der Waals surface area contributed by atoms with Crippen LogP contribution in [0.3, 0.4) is 0 Å². The van der Waals surface area contributed by atoms with E-state index in [9.17, 15) is 5.11 Å². The first kappa shape index (κ1) is 33.5. The number of thioether (sulfide) groups is 2. The fourth-order valence-corrected chi connectivity index (χ4v) is 9.54. The van der Waals surface area contributed by atoms with Crippen LogP contribution in [0, 0.1) is 0 Å². The lowest BCUT2D eigenvalue weighted by Gasteiger charge is -2.44. The van der Waals surface area contributed by atoms with Crippen LogP contribution < -0.4 is 0 Å². The summed E-state index contributed by atoms with van der Waals surface area (Å²) in [5.74, 6) is 2.35. The third kappa shape index (κ3) is 11.8. The van der Waals surface area contributed by atoms with Gasteiger partial charge in [0.2, 0.25) is 0 Å². The maximum absolute atomic E-state index is 11.3. The molecular formula is C33H54O2S2Si. The van der Waals surface area contributed by atoms with Crippen LogP contribution in [0.4, 0.5) is 0 Å². The highest BCUT2D eigenvalue weighted by atomic mass is 32.2. The Morgan fingerprint density at radius 2 is 1.74 bits per heavy atom. The molecule has 1 aromatic rings. The molecule has 0 unspecified atom stereocenters. The van der Waals surface area contributed by atoms with Crippen LogP contribution in [-0.2, 0) is 10.8 Å². The zero-order valence-corrected chi connectivity index (χ0v) is 27.9. The van der Waals surface area contributed by atoms with Crippen molar-refractivity contribution in [2.75, 3.05) is 11.5 Å². The van der Waals surface area contributed by atoms with Gasteiger partial charge < -0.3 is 9.53 Å². The fraction of sp³-hybridized carbons (Fsp3) is 0.636. The molecule has 1 N–H and O–H groups in total. The lowest BCUT2D eigenvalue weighted by Crippen LogP contribution is -2.46. The molecule has 1 aliphatic rings. The van der Waals surface area contributed by atoms with E-state index in [0.717, 1.165) is 44.9 Å². The topological polar surface area (TPSA) is 29.5 Å². The van der Waals surface area contributed by atoms with E-state index in [1.165, 1.54) is 34.6 Å². The highest BCUT2D eigenvalue weighted by Gasteiger charge is 2.43. The summed E-state index contributed by atoms with van der Waals surface area (Å²) >= 11 is 4.15. The monoisotopic (exact) mass is 574 g/mol. The number of aliphatic hydroxyl groups is 1. The van der Waals surface area contributed by atoms with Gasteiger partial charge in [-0.1, -0.05) is 80.5 Å². The van der Waals surface area contributed by atoms with Crippen molar-refractivity contribution >= 4 is 31.8 Å². The van der Waals surface area contributed by atoms with Gasteiger partial charge in [0.25, 0.3) is 0 Å². The second-order valence-electron chi connectivity index (χ2n) is 12.6. The predicted octanol–water partition coefficient (Wildman–Crippen LogP) is 9.97. The molecule has 2 nitrogen and oxygen atoms in total. The van der Waals surface area contributed by atoms with Crippen molar-refractivity contribution in [3.05, 3.63) is 71.8 Å². The van der Waals surface area contributed by atoms with Gasteiger partial charge in [-0.3, -0.25) is 0 Å². The first-order valence-corrected chi connectivity index (χ1v) is 19.3. The lowest BCUT2D eigenvalue weighted by molar-refractivity contribution is 0.130. The SMILES string of the molecule is C=CC/C=C(\C)C[C@H](CC1(C[C@H](O)CC/C(C)=C/Cc2ccccc2)SCCCS1)O[Si](C)(C)C(C)(C)C. The summed E-state index contributed by atoms with van der Waals surface area (Å²) in [4.78, 5) is 0. The number of hydrogen-bond acceptors (Lipinski definition) is 4. The maximum atomic E-state index is 11.3. The zero-order valence-electron chi connectivity index (χ0n) is 25.2. The second kappa shape index (κ2) is 15.9. The Bertz CT molecular complexity index is 895. The van der Waals surface area contributed by atoms with Gasteiger partial charge in [0.05, 0.1) is 16.3 Å². The molecule has 1 saturated heterocycles. The number of benzene rings is 1. The summed E-state index contributed by atoms with van der Waals surface area (Å²) in [6, 6.07) is 10.6. The Morgan fingerprint density at radius 3 is 2.34 bits per heavy atom. The first-order valence-electron chi connectivity index (χ1n) is 14.5. The molecule has 2 atom stereocenters. The fourth-order valence-electron chi connectivity index (χ4n) is 4.62. The van der Waals surface area contributed by atoms with E-state index in [-0.39, 0.29) is 21.3 Å². The average Bonchev–Trinajstić information content (AvgIpc) is 2.85. The standard InChI is InChI=1S/C33H54O2S2Si/c1-9-10-15-28(3)24-31(35-38(7,8)32(4,5)6)26-33(36-22-14-23-37-33)25-30(34)21-19-27(2)18-20-29-16-12-11-13-17-29/h9,11-13,15-18,30-31,34H,1,10,14,19-26H2,2-8H3/b27-18+,28-15+/t30-,31-/m1/s1. The quantitative estimate of drug-likeness (QED) is 0.167. The van der Waals surface area contributed by atoms with E-state index in [4.69, 9.17) is 4.43 Å². The Kier molecular flexibility index (Phi) is 14.0. The van der Waals surface area contributed by atoms with Gasteiger partial charge in [0.1, 0.15) is 0 Å². The molecule has 1 heterocycles. The number of rotatable bonds is 15. The molecule has 0 saturated carbocycles. The molecule has 0 aromatic heterocycles. The van der Waals surface area contributed by atoms with Crippen molar-refractivity contribution < 1.29 is 9.53 Å². The van der Waals surface area contributed by atoms with Crippen molar-refractivity contribution in [2.24, 2.45) is 0 Å². The normalized spacial score (nSPS) is 18.7. The molecular weight excluding hydrogens is 521 g/mol. The predicted molar refractivity (Wildman–Crippen MR) is 176 cm³/mol. The number of aliphatic hydroxyl groups excluding tert-OH is 1. The second-order valence-corrected chi connectivity index (χ2v) is 20.6. The van der Waals surface area contributed by atoms with Gasteiger partial charge in [-0.15, -0.1) is 30.1 Å². The molecule has 0 bridgehead atoms. The van der Waals surface area contributed by atoms with E-state index >= 15 is 0 Å². The Labute approximate surface area is 244 Å². The molecule has 5 heteroatoms. The summed E-state index contributed by atoms with van der Waals surface area (Å²) in [5.41, 5.74) is 4.09. The van der Waals surface area contributed by atoms with Crippen molar-refractivity contribution in [1.82, 2.24) is 0 Å². The molecule has 1 aliphatic heterocycles. The maximum Gasteiger partial charge on any atom is 0.192 e. The summed E-state index contributed by atoms with van der Waals surface area (Å²) in [6.45, 7) is 20.1. The van der Waals surface area contributed by atoms with Crippen LogP contribution in [0.1, 0.15) is 85.1 Å². The summed E-state index contributed by atoms with van der Waals surface area (Å²) in [5, 5.41) is 11.4. The molecule has 1 aromatic carbocycles. The van der Waals surface area contributed by atoms with Gasteiger partial charge in [0.15, 0.2) is 8.32 Å². The molecule has 38 heavy (non-hydrogen) atoms. The van der Waals surface area contributed by atoms with Gasteiger partial charge in [-0.05, 0) is 100 Å². The smallest absolute Gasteiger partial charge is 0.192 e. The first-order chi connectivity index (χ1) is 17.9. The van der Waals surface area contributed by atoms with Gasteiger partial charge in [0, 0.05) is 0 Å². The van der Waals surface area contributed by atoms with E-state index in [2.05, 4.69) is 120 Å². The Morgan fingerprint density at radius 1 is 1.08 bits per heavy atom. The molecule has 0 amide bonds. The third-order valence-electron chi connectivity index (χ3n) is 7.96. The van der Waals surface area contributed by atoms with Gasteiger partial charge in [-0.2, -0.15) is 0 Å². The van der Waals surface area contributed by atoms with E-state index in [1.54, 1.807) is 0 Å². The van der Waals surface area contributed by atoms with Crippen LogP contribution in [0.2, 0.25) is 18.1 Å². The van der Waals surface area contributed by atoms with Crippen LogP contribution in [0.15, 0.2) is 66.3 Å². The van der Waals surface area contributed by atoms with Crippen molar-refractivity contribution in [2.45, 2.75) is 120 Å². The van der Waals surface area contributed by atoms with Crippen molar-refractivity contribution in [1.29, 1.82) is 0 Å². The summed E-state index contributed by atoms with van der Waals surface area (Å²) < 4.78 is 7.11. The van der Waals surface area contributed by atoms with Gasteiger partial charge >= 0.3 is 0 Å². The lowest BCUT2D eigenvalue weighted by atomic mass is 9.98. The number of hydrogen-bond donors (Lipinski definition) is 1. The molecule has 1 fully saturated rings. The molecule has 0 spiro atoms. The summed E-state index contributed by atoms with van der Waals surface area (Å²) in [7, 11) is -1.93. The van der Waals surface area contributed by atoms with Gasteiger partial charge in [-0.25, -0.2) is 0 Å². The highest BCUT2D eigenvalue weighted by Crippen LogP contribution is 2.51. The molecule has 0 radical (unpaired) electrons. The minimum atomic E-state index is -1.93. The van der Waals surface area contributed by atoms with Crippen LogP contribution in [-0.4, -0.2) is 41.2 Å². The Balaban J connectivity index is 2.11. The third-order valence-corrected chi connectivity index (χ3v) is 15.9. The molecule has 214 valence electrons. The van der Waals surface area contributed by atoms with Crippen LogP contribution >= 0.6 is 23.5 Å². The van der Waals surface area contributed by atoms with Crippen LogP contribution in [0.5, 0.6) is 0 Å². The zero-order chi connectivity index (χ0) is 28.2. The van der Waals surface area contributed by atoms with Crippen LogP contribution in [0.25, 0.3) is 0 Å². The highest BCUT2D eigenvalue weighted by molar-refractivity contribution is 8.18. The van der Waals surface area contributed by atoms with E-state index in [0.29, 0.717) is 0 Å². The summed E-state index contributed by atoms with van der Waals surface area (Å²) in [6.07, 6.45) is 14.1. The van der Waals surface area contributed by atoms with Crippen molar-refractivity contribution in [3.63, 3.8) is 0 Å². The van der Waals surface area contributed by atoms with E-state index in [1.807, 2.05) is 6.08 Å². The number of allylic oxidation sites excluding steroid dienone is 4.